The van der Waals surface area contributed by atoms with Gasteiger partial charge in [0.15, 0.2) is 0 Å². The minimum atomic E-state index is -4.74. The van der Waals surface area contributed by atoms with Crippen LogP contribution in [0.2, 0.25) is 0 Å². The number of hydrogen-bond donors (Lipinski definition) is 1. The molecule has 2 aromatic rings. The first-order valence-corrected chi connectivity index (χ1v) is 9.30. The van der Waals surface area contributed by atoms with Crippen LogP contribution in [-0.2, 0) is 22.9 Å². The maximum absolute atomic E-state index is 12.8. The van der Waals surface area contributed by atoms with Gasteiger partial charge in [0.25, 0.3) is 5.56 Å². The highest BCUT2D eigenvalue weighted by atomic mass is 79.9. The van der Waals surface area contributed by atoms with Gasteiger partial charge in [0.1, 0.15) is 12.1 Å². The summed E-state index contributed by atoms with van der Waals surface area (Å²) in [6.45, 7) is -0.0622. The molecule has 3 rings (SSSR count). The SMILES string of the molecule is O=C(Cn1cccc(C(F)(F)F)c1=O)NCC1(c2cccc(Br)c2)CCC1. The third-order valence-corrected chi connectivity index (χ3v) is 5.50. The molecular weight excluding hydrogens is 425 g/mol. The van der Waals surface area contributed by atoms with Gasteiger partial charge >= 0.3 is 6.18 Å². The van der Waals surface area contributed by atoms with E-state index < -0.39 is 29.8 Å². The summed E-state index contributed by atoms with van der Waals surface area (Å²) in [5, 5.41) is 2.78. The van der Waals surface area contributed by atoms with E-state index in [1.54, 1.807) is 0 Å². The molecule has 27 heavy (non-hydrogen) atoms. The third kappa shape index (κ3) is 4.26. The Morgan fingerprint density at radius 1 is 1.22 bits per heavy atom. The summed E-state index contributed by atoms with van der Waals surface area (Å²) < 4.78 is 40.2. The first-order chi connectivity index (χ1) is 12.7. The van der Waals surface area contributed by atoms with Crippen molar-refractivity contribution in [3.8, 4) is 0 Å². The van der Waals surface area contributed by atoms with Crippen LogP contribution >= 0.6 is 15.9 Å². The lowest BCUT2D eigenvalue weighted by molar-refractivity contribution is -0.139. The predicted molar refractivity (Wildman–Crippen MR) is 98.4 cm³/mol. The Balaban J connectivity index is 1.69. The van der Waals surface area contributed by atoms with Crippen molar-refractivity contribution in [2.45, 2.75) is 37.4 Å². The van der Waals surface area contributed by atoms with Gasteiger partial charge in [0.2, 0.25) is 5.91 Å². The number of halogens is 4. The molecule has 0 unspecified atom stereocenters. The van der Waals surface area contributed by atoms with Crippen LogP contribution in [-0.4, -0.2) is 17.0 Å². The highest BCUT2D eigenvalue weighted by Crippen LogP contribution is 2.43. The number of benzene rings is 1. The Morgan fingerprint density at radius 2 is 1.96 bits per heavy atom. The zero-order valence-corrected chi connectivity index (χ0v) is 15.9. The van der Waals surface area contributed by atoms with Crippen LogP contribution in [0.15, 0.2) is 51.9 Å². The number of alkyl halides is 3. The predicted octanol–water partition coefficient (Wildman–Crippen LogP) is 3.87. The fraction of sp³-hybridized carbons (Fsp3) is 0.368. The molecule has 1 heterocycles. The van der Waals surface area contributed by atoms with Crippen molar-refractivity contribution in [2.24, 2.45) is 0 Å². The molecule has 4 nitrogen and oxygen atoms in total. The van der Waals surface area contributed by atoms with E-state index in [9.17, 15) is 22.8 Å². The fourth-order valence-corrected chi connectivity index (χ4v) is 3.74. The molecule has 1 aliphatic carbocycles. The summed E-state index contributed by atoms with van der Waals surface area (Å²) in [4.78, 5) is 24.2. The van der Waals surface area contributed by atoms with Gasteiger partial charge in [-0.1, -0.05) is 34.5 Å². The van der Waals surface area contributed by atoms with Gasteiger partial charge in [-0.15, -0.1) is 0 Å². The second-order valence-electron chi connectivity index (χ2n) is 6.77. The number of carbonyl (C=O) groups is 1. The molecule has 1 N–H and O–H groups in total. The fourth-order valence-electron chi connectivity index (χ4n) is 3.34. The smallest absolute Gasteiger partial charge is 0.354 e. The maximum atomic E-state index is 12.8. The molecule has 1 amide bonds. The largest absolute Gasteiger partial charge is 0.421 e. The molecule has 8 heteroatoms. The van der Waals surface area contributed by atoms with Crippen molar-refractivity contribution in [3.63, 3.8) is 0 Å². The van der Waals surface area contributed by atoms with E-state index in [0.717, 1.165) is 39.9 Å². The number of pyridine rings is 1. The van der Waals surface area contributed by atoms with Gasteiger partial charge in [-0.25, -0.2) is 0 Å². The molecule has 0 spiro atoms. The zero-order chi connectivity index (χ0) is 19.7. The first-order valence-electron chi connectivity index (χ1n) is 8.51. The third-order valence-electron chi connectivity index (χ3n) is 5.01. The van der Waals surface area contributed by atoms with E-state index in [1.165, 1.54) is 6.20 Å². The Hall–Kier alpha value is -2.09. The summed E-state index contributed by atoms with van der Waals surface area (Å²) in [5.41, 5.74) is -1.55. The van der Waals surface area contributed by atoms with Crippen LogP contribution in [0.4, 0.5) is 13.2 Å². The number of nitrogens with zero attached hydrogens (tertiary/aromatic N) is 1. The normalized spacial score (nSPS) is 15.9. The first kappa shape index (κ1) is 19.7. The van der Waals surface area contributed by atoms with E-state index >= 15 is 0 Å². The number of nitrogens with one attached hydrogen (secondary N) is 1. The van der Waals surface area contributed by atoms with Gasteiger partial charge in [0, 0.05) is 22.6 Å². The van der Waals surface area contributed by atoms with Crippen molar-refractivity contribution in [1.82, 2.24) is 9.88 Å². The van der Waals surface area contributed by atoms with Crippen LogP contribution in [0.1, 0.15) is 30.4 Å². The Kier molecular flexibility index (Phi) is 5.46. The van der Waals surface area contributed by atoms with Crippen LogP contribution in [0.5, 0.6) is 0 Å². The van der Waals surface area contributed by atoms with Gasteiger partial charge in [-0.2, -0.15) is 13.2 Å². The summed E-state index contributed by atoms with van der Waals surface area (Å²) in [5.74, 6) is -0.488. The standard InChI is InChI=1S/C19H18BrF3N2O2/c20-14-5-1-4-13(10-14)18(7-3-8-18)12-24-16(26)11-25-9-2-6-15(17(25)27)19(21,22)23/h1-2,4-6,9-10H,3,7-8,11-12H2,(H,24,26). The van der Waals surface area contributed by atoms with Crippen molar-refractivity contribution >= 4 is 21.8 Å². The lowest BCUT2D eigenvalue weighted by Gasteiger charge is -2.42. The van der Waals surface area contributed by atoms with Gasteiger partial charge in [0.05, 0.1) is 0 Å². The van der Waals surface area contributed by atoms with Gasteiger partial charge in [-0.3, -0.25) is 9.59 Å². The highest BCUT2D eigenvalue weighted by Gasteiger charge is 2.39. The second-order valence-corrected chi connectivity index (χ2v) is 7.69. The van der Waals surface area contributed by atoms with Crippen molar-refractivity contribution < 1.29 is 18.0 Å². The van der Waals surface area contributed by atoms with Gasteiger partial charge < -0.3 is 9.88 Å². The maximum Gasteiger partial charge on any atom is 0.421 e. The van der Waals surface area contributed by atoms with Crippen molar-refractivity contribution in [1.29, 1.82) is 0 Å². The minimum Gasteiger partial charge on any atom is -0.354 e. The second kappa shape index (κ2) is 7.50. The molecule has 0 bridgehead atoms. The van der Waals surface area contributed by atoms with Crippen LogP contribution in [0, 0.1) is 0 Å². The molecule has 1 aliphatic rings. The van der Waals surface area contributed by atoms with Crippen molar-refractivity contribution in [2.75, 3.05) is 6.54 Å². The Bertz CT molecular complexity index is 904. The molecule has 0 radical (unpaired) electrons. The topological polar surface area (TPSA) is 51.1 Å². The molecule has 144 valence electrons. The average molecular weight is 443 g/mol. The molecule has 0 atom stereocenters. The molecule has 1 fully saturated rings. The van der Waals surface area contributed by atoms with Crippen molar-refractivity contribution in [3.05, 3.63) is 68.5 Å². The number of amides is 1. The minimum absolute atomic E-state index is 0.168. The number of aromatic nitrogens is 1. The highest BCUT2D eigenvalue weighted by molar-refractivity contribution is 9.10. The molecule has 1 aromatic carbocycles. The molecule has 0 saturated heterocycles. The zero-order valence-electron chi connectivity index (χ0n) is 14.4. The van der Waals surface area contributed by atoms with E-state index in [4.69, 9.17) is 0 Å². The number of hydrogen-bond acceptors (Lipinski definition) is 2. The molecule has 0 aliphatic heterocycles. The quantitative estimate of drug-likeness (QED) is 0.763. The van der Waals surface area contributed by atoms with Crippen LogP contribution < -0.4 is 10.9 Å². The van der Waals surface area contributed by atoms with E-state index in [-0.39, 0.29) is 5.41 Å². The van der Waals surface area contributed by atoms with E-state index in [1.807, 2.05) is 24.3 Å². The molecule has 1 saturated carbocycles. The number of rotatable bonds is 5. The van der Waals surface area contributed by atoms with E-state index in [2.05, 4.69) is 21.2 Å². The average Bonchev–Trinajstić information content (AvgIpc) is 2.55. The monoisotopic (exact) mass is 442 g/mol. The Morgan fingerprint density at radius 3 is 2.56 bits per heavy atom. The van der Waals surface area contributed by atoms with Crippen LogP contribution in [0.25, 0.3) is 0 Å². The summed E-state index contributed by atoms with van der Waals surface area (Å²) in [7, 11) is 0. The summed E-state index contributed by atoms with van der Waals surface area (Å²) in [6.07, 6.45) is -0.659. The summed E-state index contributed by atoms with van der Waals surface area (Å²) >= 11 is 3.45. The molecular formula is C19H18BrF3N2O2. The summed E-state index contributed by atoms with van der Waals surface area (Å²) in [6, 6.07) is 9.72. The number of carbonyl (C=O) groups excluding carboxylic acids is 1. The lowest BCUT2D eigenvalue weighted by Crippen LogP contribution is -2.46. The van der Waals surface area contributed by atoms with E-state index in [0.29, 0.717) is 12.6 Å². The van der Waals surface area contributed by atoms with Crippen LogP contribution in [0.3, 0.4) is 0 Å². The lowest BCUT2D eigenvalue weighted by atomic mass is 9.64. The van der Waals surface area contributed by atoms with Gasteiger partial charge in [-0.05, 0) is 42.7 Å². The Labute approximate surface area is 162 Å². The molecule has 1 aromatic heterocycles.